The Morgan fingerprint density at radius 1 is 1.24 bits per heavy atom. The molecule has 21 heavy (non-hydrogen) atoms. The summed E-state index contributed by atoms with van der Waals surface area (Å²) in [6.45, 7) is 2.91. The Morgan fingerprint density at radius 2 is 1.95 bits per heavy atom. The van der Waals surface area contributed by atoms with Gasteiger partial charge in [0.25, 0.3) is 0 Å². The average molecular weight is 350 g/mol. The van der Waals surface area contributed by atoms with Gasteiger partial charge in [-0.3, -0.25) is 0 Å². The van der Waals surface area contributed by atoms with Crippen LogP contribution in [-0.2, 0) is 9.84 Å². The second kappa shape index (κ2) is 7.32. The van der Waals surface area contributed by atoms with Gasteiger partial charge in [-0.1, -0.05) is 43.0 Å². The second-order valence-corrected chi connectivity index (χ2v) is 8.48. The van der Waals surface area contributed by atoms with Crippen molar-refractivity contribution in [2.75, 3.05) is 6.54 Å². The Labute approximate surface area is 136 Å². The molecule has 0 bridgehead atoms. The van der Waals surface area contributed by atoms with E-state index in [1.54, 1.807) is 12.1 Å². The molecule has 0 heterocycles. The van der Waals surface area contributed by atoms with Gasteiger partial charge < -0.3 is 5.32 Å². The zero-order valence-electron chi connectivity index (χ0n) is 12.1. The van der Waals surface area contributed by atoms with Gasteiger partial charge in [-0.25, -0.2) is 8.42 Å². The molecule has 0 aliphatic heterocycles. The molecule has 1 saturated carbocycles. The highest BCUT2D eigenvalue weighted by atomic mass is 35.5. The first-order valence-corrected chi connectivity index (χ1v) is 9.69. The summed E-state index contributed by atoms with van der Waals surface area (Å²) < 4.78 is 25.9. The largest absolute Gasteiger partial charge is 0.313 e. The van der Waals surface area contributed by atoms with Gasteiger partial charge in [0.15, 0.2) is 9.84 Å². The quantitative estimate of drug-likeness (QED) is 0.870. The summed E-state index contributed by atoms with van der Waals surface area (Å²) >= 11 is 12.0. The fourth-order valence-electron chi connectivity index (χ4n) is 2.89. The van der Waals surface area contributed by atoms with Crippen molar-refractivity contribution >= 4 is 33.0 Å². The smallest absolute Gasteiger partial charge is 0.184 e. The molecule has 1 aromatic carbocycles. The van der Waals surface area contributed by atoms with Crippen molar-refractivity contribution in [3.05, 3.63) is 28.2 Å². The summed E-state index contributed by atoms with van der Waals surface area (Å²) in [5, 5.41) is 3.60. The molecule has 2 atom stereocenters. The maximum absolute atomic E-state index is 13.0. The number of nitrogens with one attached hydrogen (secondary N) is 1. The van der Waals surface area contributed by atoms with E-state index in [1.807, 2.05) is 0 Å². The molecule has 1 aliphatic rings. The summed E-state index contributed by atoms with van der Waals surface area (Å²) in [6, 6.07) is 4.62. The van der Waals surface area contributed by atoms with Gasteiger partial charge in [0.1, 0.15) is 0 Å². The monoisotopic (exact) mass is 349 g/mol. The van der Waals surface area contributed by atoms with E-state index in [0.717, 1.165) is 32.2 Å². The second-order valence-electron chi connectivity index (χ2n) is 5.50. The zero-order valence-corrected chi connectivity index (χ0v) is 14.4. The fourth-order valence-corrected chi connectivity index (χ4v) is 5.67. The van der Waals surface area contributed by atoms with E-state index < -0.39 is 15.1 Å². The highest BCUT2D eigenvalue weighted by molar-refractivity contribution is 7.92. The van der Waals surface area contributed by atoms with Gasteiger partial charge in [-0.15, -0.1) is 0 Å². The van der Waals surface area contributed by atoms with Crippen LogP contribution in [0.3, 0.4) is 0 Å². The predicted octanol–water partition coefficient (Wildman–Crippen LogP) is 4.08. The van der Waals surface area contributed by atoms with Gasteiger partial charge >= 0.3 is 0 Å². The van der Waals surface area contributed by atoms with E-state index in [2.05, 4.69) is 12.2 Å². The van der Waals surface area contributed by atoms with E-state index in [-0.39, 0.29) is 16.0 Å². The number of rotatable bonds is 5. The number of benzene rings is 1. The number of hydrogen-bond donors (Lipinski definition) is 1. The van der Waals surface area contributed by atoms with Crippen LogP contribution in [0.2, 0.25) is 10.0 Å². The van der Waals surface area contributed by atoms with Crippen LogP contribution in [0.25, 0.3) is 0 Å². The van der Waals surface area contributed by atoms with Crippen molar-refractivity contribution < 1.29 is 8.42 Å². The lowest BCUT2D eigenvalue weighted by Crippen LogP contribution is -2.46. The molecule has 118 valence electrons. The third-order valence-corrected chi connectivity index (χ3v) is 6.95. The summed E-state index contributed by atoms with van der Waals surface area (Å²) in [7, 11) is -3.47. The van der Waals surface area contributed by atoms with Crippen molar-refractivity contribution in [3.63, 3.8) is 0 Å². The topological polar surface area (TPSA) is 46.2 Å². The summed E-state index contributed by atoms with van der Waals surface area (Å²) in [5.74, 6) is 0. The van der Waals surface area contributed by atoms with E-state index in [1.165, 1.54) is 6.07 Å². The first-order valence-electron chi connectivity index (χ1n) is 7.39. The number of sulfone groups is 1. The molecular weight excluding hydrogens is 329 g/mol. The lowest BCUT2D eigenvalue weighted by Gasteiger charge is -2.32. The Hall–Kier alpha value is -0.290. The van der Waals surface area contributed by atoms with Gasteiger partial charge in [0, 0.05) is 11.1 Å². The SMILES string of the molecule is CCCNC1CCCCC1S(=O)(=O)c1cc(Cl)ccc1Cl. The zero-order chi connectivity index (χ0) is 15.5. The highest BCUT2D eigenvalue weighted by Crippen LogP contribution is 2.33. The predicted molar refractivity (Wildman–Crippen MR) is 88.0 cm³/mol. The summed E-state index contributed by atoms with van der Waals surface area (Å²) in [4.78, 5) is 0.159. The van der Waals surface area contributed by atoms with Gasteiger partial charge in [-0.05, 0) is 44.0 Å². The number of halogens is 2. The Morgan fingerprint density at radius 3 is 2.67 bits per heavy atom. The van der Waals surface area contributed by atoms with Crippen molar-refractivity contribution in [1.82, 2.24) is 5.32 Å². The molecule has 2 unspecified atom stereocenters. The van der Waals surface area contributed by atoms with Crippen LogP contribution in [0.5, 0.6) is 0 Å². The molecule has 0 amide bonds. The minimum atomic E-state index is -3.47. The first kappa shape index (κ1) is 17.1. The van der Waals surface area contributed by atoms with Crippen LogP contribution in [0, 0.1) is 0 Å². The Kier molecular flexibility index (Phi) is 5.95. The molecule has 2 rings (SSSR count). The normalized spacial score (nSPS) is 23.2. The summed E-state index contributed by atoms with van der Waals surface area (Å²) in [5.41, 5.74) is 0. The molecule has 1 fully saturated rings. The van der Waals surface area contributed by atoms with Crippen LogP contribution in [-0.4, -0.2) is 26.3 Å². The molecule has 1 aromatic rings. The minimum absolute atomic E-state index is 0.00116. The molecular formula is C15H21Cl2NO2S. The highest BCUT2D eigenvalue weighted by Gasteiger charge is 2.37. The molecule has 3 nitrogen and oxygen atoms in total. The molecule has 0 spiro atoms. The summed E-state index contributed by atoms with van der Waals surface area (Å²) in [6.07, 6.45) is 4.55. The van der Waals surface area contributed by atoms with E-state index >= 15 is 0 Å². The maximum atomic E-state index is 13.0. The lowest BCUT2D eigenvalue weighted by atomic mass is 9.95. The van der Waals surface area contributed by atoms with Gasteiger partial charge in [-0.2, -0.15) is 0 Å². The van der Waals surface area contributed by atoms with Crippen LogP contribution in [0.4, 0.5) is 0 Å². The molecule has 1 N–H and O–H groups in total. The standard InChI is InChI=1S/C15H21Cl2NO2S/c1-2-9-18-13-5-3-4-6-14(13)21(19,20)15-10-11(16)7-8-12(15)17/h7-8,10,13-14,18H,2-6,9H2,1H3. The molecule has 0 saturated heterocycles. The first-order chi connectivity index (χ1) is 9.96. The van der Waals surface area contributed by atoms with Crippen LogP contribution in [0.15, 0.2) is 23.1 Å². The van der Waals surface area contributed by atoms with Crippen LogP contribution in [0.1, 0.15) is 39.0 Å². The van der Waals surface area contributed by atoms with Gasteiger partial charge in [0.2, 0.25) is 0 Å². The van der Waals surface area contributed by atoms with Gasteiger partial charge in [0.05, 0.1) is 15.2 Å². The fraction of sp³-hybridized carbons (Fsp3) is 0.600. The average Bonchev–Trinajstić information content (AvgIpc) is 2.47. The Balaban J connectivity index is 2.33. The Bertz CT molecular complexity index is 589. The van der Waals surface area contributed by atoms with Crippen molar-refractivity contribution in [1.29, 1.82) is 0 Å². The molecule has 0 radical (unpaired) electrons. The van der Waals surface area contributed by atoms with Crippen molar-refractivity contribution in [3.8, 4) is 0 Å². The molecule has 0 aromatic heterocycles. The van der Waals surface area contributed by atoms with E-state index in [9.17, 15) is 8.42 Å². The van der Waals surface area contributed by atoms with E-state index in [0.29, 0.717) is 11.4 Å². The third kappa shape index (κ3) is 3.92. The maximum Gasteiger partial charge on any atom is 0.184 e. The molecule has 1 aliphatic carbocycles. The van der Waals surface area contributed by atoms with Crippen LogP contribution >= 0.6 is 23.2 Å². The minimum Gasteiger partial charge on any atom is -0.313 e. The van der Waals surface area contributed by atoms with Crippen LogP contribution < -0.4 is 5.32 Å². The molecule has 6 heteroatoms. The number of hydrogen-bond acceptors (Lipinski definition) is 3. The van der Waals surface area contributed by atoms with Crippen molar-refractivity contribution in [2.24, 2.45) is 0 Å². The van der Waals surface area contributed by atoms with E-state index in [4.69, 9.17) is 23.2 Å². The van der Waals surface area contributed by atoms with Crippen molar-refractivity contribution in [2.45, 2.75) is 55.2 Å². The third-order valence-electron chi connectivity index (χ3n) is 3.96. The lowest BCUT2D eigenvalue weighted by molar-refractivity contribution is 0.371.